The van der Waals surface area contributed by atoms with Crippen LogP contribution >= 0.6 is 0 Å². The number of carboxylic acid groups (broad SMARTS) is 1. The maximum atomic E-state index is 10.6. The van der Waals surface area contributed by atoms with Crippen LogP contribution in [0.1, 0.15) is 18.9 Å². The van der Waals surface area contributed by atoms with Crippen molar-refractivity contribution in [2.75, 3.05) is 14.2 Å². The number of carbonyl (C=O) groups is 1. The van der Waals surface area contributed by atoms with Crippen LogP contribution in [0.3, 0.4) is 0 Å². The number of aliphatic carboxylic acids is 1. The summed E-state index contributed by atoms with van der Waals surface area (Å²) in [7, 11) is 3.07. The van der Waals surface area contributed by atoms with Crippen LogP contribution in [0.5, 0.6) is 11.5 Å². The molecule has 2 N–H and O–H groups in total. The molecule has 5 heteroatoms. The van der Waals surface area contributed by atoms with Crippen molar-refractivity contribution in [2.24, 2.45) is 0 Å². The Morgan fingerprint density at radius 2 is 2.00 bits per heavy atom. The second-order valence-corrected chi connectivity index (χ2v) is 4.42. The minimum absolute atomic E-state index is 0.201. The number of ether oxygens (including phenoxy) is 2. The normalized spacial score (nSPS) is 13.8. The molecule has 1 atom stereocenters. The first-order valence-corrected chi connectivity index (χ1v) is 5.53. The molecule has 0 aliphatic heterocycles. The predicted octanol–water partition coefficient (Wildman–Crippen LogP) is 1.47. The van der Waals surface area contributed by atoms with Crippen LogP contribution in [0.25, 0.3) is 0 Å². The smallest absolute Gasteiger partial charge is 0.306 e. The van der Waals surface area contributed by atoms with Gasteiger partial charge in [0.1, 0.15) is 11.5 Å². The predicted molar refractivity (Wildman–Crippen MR) is 66.1 cm³/mol. The molecule has 0 amide bonds. The summed E-state index contributed by atoms with van der Waals surface area (Å²) in [6.07, 6.45) is -0.116. The summed E-state index contributed by atoms with van der Waals surface area (Å²) in [5.74, 6) is 0.181. The van der Waals surface area contributed by atoms with Crippen molar-refractivity contribution in [3.8, 4) is 11.5 Å². The van der Waals surface area contributed by atoms with E-state index in [1.807, 2.05) is 0 Å². The van der Waals surface area contributed by atoms with E-state index in [-0.39, 0.29) is 12.8 Å². The molecule has 0 bridgehead atoms. The summed E-state index contributed by atoms with van der Waals surface area (Å²) in [6, 6.07) is 5.20. The quantitative estimate of drug-likeness (QED) is 0.804. The van der Waals surface area contributed by atoms with Gasteiger partial charge in [0.15, 0.2) is 0 Å². The van der Waals surface area contributed by atoms with Crippen molar-refractivity contribution in [1.29, 1.82) is 0 Å². The molecular formula is C13H18O5. The highest BCUT2D eigenvalue weighted by molar-refractivity contribution is 5.68. The topological polar surface area (TPSA) is 76.0 Å². The van der Waals surface area contributed by atoms with E-state index in [2.05, 4.69) is 0 Å². The number of methoxy groups -OCH3 is 2. The lowest BCUT2D eigenvalue weighted by atomic mass is 9.93. The van der Waals surface area contributed by atoms with Crippen LogP contribution in [0.2, 0.25) is 0 Å². The van der Waals surface area contributed by atoms with Crippen LogP contribution in [-0.2, 0) is 11.2 Å². The Kier molecular flexibility index (Phi) is 4.55. The SMILES string of the molecule is COc1ccc(CC(C)(O)CC(=O)O)c(OC)c1. The molecule has 0 fully saturated rings. The molecule has 1 rings (SSSR count). The van der Waals surface area contributed by atoms with Gasteiger partial charge in [-0.3, -0.25) is 4.79 Å². The number of benzene rings is 1. The first-order chi connectivity index (χ1) is 8.38. The number of aliphatic hydroxyl groups is 1. The molecule has 1 unspecified atom stereocenters. The second kappa shape index (κ2) is 5.73. The van der Waals surface area contributed by atoms with E-state index >= 15 is 0 Å². The number of rotatable bonds is 6. The van der Waals surface area contributed by atoms with Gasteiger partial charge in [0.2, 0.25) is 0 Å². The van der Waals surface area contributed by atoms with Crippen LogP contribution in [-0.4, -0.2) is 36.0 Å². The number of carboxylic acids is 1. The highest BCUT2D eigenvalue weighted by atomic mass is 16.5. The summed E-state index contributed by atoms with van der Waals surface area (Å²) in [4.78, 5) is 10.6. The van der Waals surface area contributed by atoms with Crippen molar-refractivity contribution in [3.05, 3.63) is 23.8 Å². The van der Waals surface area contributed by atoms with Crippen molar-refractivity contribution >= 4 is 5.97 Å². The van der Waals surface area contributed by atoms with E-state index in [4.69, 9.17) is 14.6 Å². The fraction of sp³-hybridized carbons (Fsp3) is 0.462. The highest BCUT2D eigenvalue weighted by Crippen LogP contribution is 2.28. The lowest BCUT2D eigenvalue weighted by Crippen LogP contribution is -2.30. The molecule has 1 aromatic carbocycles. The van der Waals surface area contributed by atoms with E-state index in [0.29, 0.717) is 11.5 Å². The van der Waals surface area contributed by atoms with E-state index in [0.717, 1.165) is 5.56 Å². The molecule has 0 saturated carbocycles. The zero-order chi connectivity index (χ0) is 13.8. The van der Waals surface area contributed by atoms with Gasteiger partial charge >= 0.3 is 5.97 Å². The summed E-state index contributed by atoms with van der Waals surface area (Å²) < 4.78 is 10.3. The van der Waals surface area contributed by atoms with Crippen LogP contribution < -0.4 is 9.47 Å². The molecule has 100 valence electrons. The fourth-order valence-electron chi connectivity index (χ4n) is 1.80. The lowest BCUT2D eigenvalue weighted by molar-refractivity contribution is -0.141. The van der Waals surface area contributed by atoms with Gasteiger partial charge < -0.3 is 19.7 Å². The van der Waals surface area contributed by atoms with E-state index in [1.165, 1.54) is 14.0 Å². The monoisotopic (exact) mass is 254 g/mol. The third kappa shape index (κ3) is 3.92. The standard InChI is InChI=1S/C13H18O5/c1-13(16,8-12(14)15)7-9-4-5-10(17-2)6-11(9)18-3/h4-6,16H,7-8H2,1-3H3,(H,14,15). The summed E-state index contributed by atoms with van der Waals surface area (Å²) in [5, 5.41) is 18.7. The maximum absolute atomic E-state index is 10.6. The maximum Gasteiger partial charge on any atom is 0.306 e. The van der Waals surface area contributed by atoms with Gasteiger partial charge in [-0.1, -0.05) is 6.07 Å². The van der Waals surface area contributed by atoms with E-state index in [1.54, 1.807) is 25.3 Å². The Morgan fingerprint density at radius 3 is 2.50 bits per heavy atom. The molecule has 0 aromatic heterocycles. The fourth-order valence-corrected chi connectivity index (χ4v) is 1.80. The molecule has 5 nitrogen and oxygen atoms in total. The summed E-state index contributed by atoms with van der Waals surface area (Å²) in [6.45, 7) is 1.49. The molecule has 0 aliphatic rings. The Morgan fingerprint density at radius 1 is 1.33 bits per heavy atom. The van der Waals surface area contributed by atoms with Crippen molar-refractivity contribution < 1.29 is 24.5 Å². The lowest BCUT2D eigenvalue weighted by Gasteiger charge is -2.22. The van der Waals surface area contributed by atoms with Gasteiger partial charge in [-0.25, -0.2) is 0 Å². The van der Waals surface area contributed by atoms with Crippen molar-refractivity contribution in [3.63, 3.8) is 0 Å². The van der Waals surface area contributed by atoms with E-state index in [9.17, 15) is 9.90 Å². The van der Waals surface area contributed by atoms with Gasteiger partial charge in [0.05, 0.1) is 26.2 Å². The zero-order valence-electron chi connectivity index (χ0n) is 10.8. The average Bonchev–Trinajstić information content (AvgIpc) is 2.27. The molecule has 1 aromatic rings. The minimum atomic E-state index is -1.31. The molecular weight excluding hydrogens is 236 g/mol. The van der Waals surface area contributed by atoms with Crippen LogP contribution in [0.15, 0.2) is 18.2 Å². The largest absolute Gasteiger partial charge is 0.497 e. The van der Waals surface area contributed by atoms with Gasteiger partial charge in [0.25, 0.3) is 0 Å². The summed E-state index contributed by atoms with van der Waals surface area (Å²) in [5.41, 5.74) is -0.571. The summed E-state index contributed by atoms with van der Waals surface area (Å²) >= 11 is 0. The van der Waals surface area contributed by atoms with Crippen molar-refractivity contribution in [2.45, 2.75) is 25.4 Å². The average molecular weight is 254 g/mol. The van der Waals surface area contributed by atoms with Gasteiger partial charge in [-0.05, 0) is 18.6 Å². The third-order valence-electron chi connectivity index (χ3n) is 2.60. The molecule has 18 heavy (non-hydrogen) atoms. The van der Waals surface area contributed by atoms with E-state index < -0.39 is 11.6 Å². The third-order valence-corrected chi connectivity index (χ3v) is 2.60. The Balaban J connectivity index is 2.93. The first kappa shape index (κ1) is 14.3. The van der Waals surface area contributed by atoms with Gasteiger partial charge in [0, 0.05) is 12.5 Å². The minimum Gasteiger partial charge on any atom is -0.497 e. The van der Waals surface area contributed by atoms with Gasteiger partial charge in [-0.15, -0.1) is 0 Å². The van der Waals surface area contributed by atoms with Crippen LogP contribution in [0.4, 0.5) is 0 Å². The molecule has 0 heterocycles. The van der Waals surface area contributed by atoms with Gasteiger partial charge in [-0.2, -0.15) is 0 Å². The molecule has 0 saturated heterocycles. The van der Waals surface area contributed by atoms with Crippen LogP contribution in [0, 0.1) is 0 Å². The highest BCUT2D eigenvalue weighted by Gasteiger charge is 2.26. The number of hydrogen-bond donors (Lipinski definition) is 2. The van der Waals surface area contributed by atoms with Crippen molar-refractivity contribution in [1.82, 2.24) is 0 Å². The molecule has 0 radical (unpaired) electrons. The number of hydrogen-bond acceptors (Lipinski definition) is 4. The molecule has 0 spiro atoms. The Hall–Kier alpha value is -1.75. The Labute approximate surface area is 106 Å². The Bertz CT molecular complexity index is 425. The first-order valence-electron chi connectivity index (χ1n) is 5.53. The second-order valence-electron chi connectivity index (χ2n) is 4.42. The zero-order valence-corrected chi connectivity index (χ0v) is 10.8. The molecule has 0 aliphatic carbocycles.